The molecule has 6 heteroatoms. The highest BCUT2D eigenvalue weighted by Gasteiger charge is 2.06. The van der Waals surface area contributed by atoms with E-state index >= 15 is 0 Å². The van der Waals surface area contributed by atoms with Crippen molar-refractivity contribution >= 4 is 28.7 Å². The van der Waals surface area contributed by atoms with Crippen LogP contribution in [0.2, 0.25) is 0 Å². The minimum Gasteiger partial charge on any atom is -0.332 e. The van der Waals surface area contributed by atoms with Gasteiger partial charge in [0, 0.05) is 17.4 Å². The molecule has 3 rings (SSSR count). The second-order valence-electron chi connectivity index (χ2n) is 6.53. The average Bonchev–Trinajstić information content (AvgIpc) is 3.10. The lowest BCUT2D eigenvalue weighted by Gasteiger charge is -2.12. The van der Waals surface area contributed by atoms with Gasteiger partial charge in [0.25, 0.3) is 0 Å². The molecule has 4 nitrogen and oxygen atoms in total. The molecule has 140 valence electrons. The SMILES string of the molecule is CCC(C)c1ccc(NC(=S)Nc2cnn(Cc3ccccc3F)c2)cc1. The molecule has 0 radical (unpaired) electrons. The zero-order chi connectivity index (χ0) is 19.2. The van der Waals surface area contributed by atoms with Crippen molar-refractivity contribution in [1.82, 2.24) is 9.78 Å². The Kier molecular flexibility index (Phi) is 6.19. The summed E-state index contributed by atoms with van der Waals surface area (Å²) in [4.78, 5) is 0. The molecule has 3 aromatic rings. The predicted octanol–water partition coefficient (Wildman–Crippen LogP) is 5.39. The van der Waals surface area contributed by atoms with Crippen LogP contribution in [0.1, 0.15) is 37.3 Å². The van der Waals surface area contributed by atoms with Gasteiger partial charge in [-0.25, -0.2) is 4.39 Å². The van der Waals surface area contributed by atoms with Crippen LogP contribution in [-0.4, -0.2) is 14.9 Å². The number of benzene rings is 2. The van der Waals surface area contributed by atoms with Crippen molar-refractivity contribution in [3.8, 4) is 0 Å². The second-order valence-corrected chi connectivity index (χ2v) is 6.94. The van der Waals surface area contributed by atoms with Gasteiger partial charge in [0.2, 0.25) is 0 Å². The van der Waals surface area contributed by atoms with Crippen molar-refractivity contribution in [2.45, 2.75) is 32.7 Å². The Morgan fingerprint density at radius 3 is 2.52 bits per heavy atom. The molecular formula is C21H23FN4S. The molecule has 1 heterocycles. The van der Waals surface area contributed by atoms with Gasteiger partial charge in [-0.1, -0.05) is 44.2 Å². The summed E-state index contributed by atoms with van der Waals surface area (Å²) >= 11 is 5.37. The van der Waals surface area contributed by atoms with E-state index in [0.29, 0.717) is 23.1 Å². The molecule has 1 aromatic heterocycles. The fraction of sp³-hybridized carbons (Fsp3) is 0.238. The lowest BCUT2D eigenvalue weighted by molar-refractivity contribution is 0.585. The summed E-state index contributed by atoms with van der Waals surface area (Å²) in [5.74, 6) is 0.310. The first kappa shape index (κ1) is 19.0. The van der Waals surface area contributed by atoms with Gasteiger partial charge in [-0.05, 0) is 48.3 Å². The number of thiocarbonyl (C=S) groups is 1. The fourth-order valence-electron chi connectivity index (χ4n) is 2.74. The summed E-state index contributed by atoms with van der Waals surface area (Å²) in [7, 11) is 0. The molecule has 2 aromatic carbocycles. The molecule has 27 heavy (non-hydrogen) atoms. The first-order valence-electron chi connectivity index (χ1n) is 8.99. The van der Waals surface area contributed by atoms with Gasteiger partial charge in [-0.3, -0.25) is 4.68 Å². The van der Waals surface area contributed by atoms with Gasteiger partial charge in [0.15, 0.2) is 5.11 Å². The van der Waals surface area contributed by atoms with Crippen LogP contribution in [0.25, 0.3) is 0 Å². The number of aromatic nitrogens is 2. The van der Waals surface area contributed by atoms with Crippen LogP contribution in [0.4, 0.5) is 15.8 Å². The average molecular weight is 383 g/mol. The minimum atomic E-state index is -0.236. The zero-order valence-corrected chi connectivity index (χ0v) is 16.3. The first-order valence-corrected chi connectivity index (χ1v) is 9.39. The van der Waals surface area contributed by atoms with E-state index < -0.39 is 0 Å². The largest absolute Gasteiger partial charge is 0.332 e. The number of rotatable bonds is 6. The van der Waals surface area contributed by atoms with Gasteiger partial charge in [-0.2, -0.15) is 5.10 Å². The Bertz CT molecular complexity index is 905. The van der Waals surface area contributed by atoms with Crippen molar-refractivity contribution in [3.05, 3.63) is 77.9 Å². The van der Waals surface area contributed by atoms with E-state index in [1.165, 1.54) is 11.6 Å². The maximum atomic E-state index is 13.7. The van der Waals surface area contributed by atoms with Crippen LogP contribution in [0.5, 0.6) is 0 Å². The van der Waals surface area contributed by atoms with E-state index in [0.717, 1.165) is 17.8 Å². The lowest BCUT2D eigenvalue weighted by atomic mass is 9.99. The first-order chi connectivity index (χ1) is 13.0. The normalized spacial score (nSPS) is 11.8. The molecule has 0 fully saturated rings. The molecular weight excluding hydrogens is 359 g/mol. The van der Waals surface area contributed by atoms with Crippen molar-refractivity contribution in [3.63, 3.8) is 0 Å². The third-order valence-electron chi connectivity index (χ3n) is 4.53. The molecule has 0 aliphatic carbocycles. The summed E-state index contributed by atoms with van der Waals surface area (Å²) in [5, 5.41) is 11.0. The van der Waals surface area contributed by atoms with Crippen LogP contribution < -0.4 is 10.6 Å². The lowest BCUT2D eigenvalue weighted by Crippen LogP contribution is -2.18. The summed E-state index contributed by atoms with van der Waals surface area (Å²) in [6, 6.07) is 15.0. The Balaban J connectivity index is 1.57. The standard InChI is InChI=1S/C21H23FN4S/c1-3-15(2)16-8-10-18(11-9-16)24-21(27)25-19-12-23-26(14-19)13-17-6-4-5-7-20(17)22/h4-12,14-15H,3,13H2,1-2H3,(H2,24,25,27). The number of nitrogens with one attached hydrogen (secondary N) is 2. The molecule has 0 aliphatic heterocycles. The third-order valence-corrected chi connectivity index (χ3v) is 4.74. The summed E-state index contributed by atoms with van der Waals surface area (Å²) < 4.78 is 15.4. The smallest absolute Gasteiger partial charge is 0.175 e. The maximum Gasteiger partial charge on any atom is 0.175 e. The molecule has 0 saturated carbocycles. The molecule has 0 amide bonds. The molecule has 0 saturated heterocycles. The van der Waals surface area contributed by atoms with E-state index in [1.54, 1.807) is 29.2 Å². The summed E-state index contributed by atoms with van der Waals surface area (Å²) in [6.07, 6.45) is 4.58. The second kappa shape index (κ2) is 8.77. The van der Waals surface area contributed by atoms with Crippen LogP contribution in [0.15, 0.2) is 60.9 Å². The highest BCUT2D eigenvalue weighted by molar-refractivity contribution is 7.80. The van der Waals surface area contributed by atoms with Gasteiger partial charge >= 0.3 is 0 Å². The van der Waals surface area contributed by atoms with Gasteiger partial charge in [0.1, 0.15) is 5.82 Å². The molecule has 0 aliphatic rings. The van der Waals surface area contributed by atoms with Crippen LogP contribution in [-0.2, 0) is 6.54 Å². The Morgan fingerprint density at radius 1 is 1.11 bits per heavy atom. The number of anilines is 2. The summed E-state index contributed by atoms with van der Waals surface area (Å²) in [5.41, 5.74) is 3.59. The zero-order valence-electron chi connectivity index (χ0n) is 15.4. The monoisotopic (exact) mass is 382 g/mol. The third kappa shape index (κ3) is 5.14. The quantitative estimate of drug-likeness (QED) is 0.561. The van der Waals surface area contributed by atoms with Gasteiger partial charge in [0.05, 0.1) is 18.4 Å². The van der Waals surface area contributed by atoms with Crippen molar-refractivity contribution < 1.29 is 4.39 Å². The van der Waals surface area contributed by atoms with Crippen LogP contribution in [0.3, 0.4) is 0 Å². The number of hydrogen-bond acceptors (Lipinski definition) is 2. The number of nitrogens with zero attached hydrogens (tertiary/aromatic N) is 2. The summed E-state index contributed by atoms with van der Waals surface area (Å²) in [6.45, 7) is 4.77. The minimum absolute atomic E-state index is 0.236. The van der Waals surface area contributed by atoms with Crippen LogP contribution in [0, 0.1) is 5.82 Å². The highest BCUT2D eigenvalue weighted by atomic mass is 32.1. The number of hydrogen-bond donors (Lipinski definition) is 2. The highest BCUT2D eigenvalue weighted by Crippen LogP contribution is 2.20. The van der Waals surface area contributed by atoms with Gasteiger partial charge < -0.3 is 10.6 Å². The number of halogens is 1. The Hall–Kier alpha value is -2.73. The van der Waals surface area contributed by atoms with E-state index in [9.17, 15) is 4.39 Å². The van der Waals surface area contributed by atoms with E-state index in [1.807, 2.05) is 18.2 Å². The Morgan fingerprint density at radius 2 is 1.81 bits per heavy atom. The molecule has 2 N–H and O–H groups in total. The van der Waals surface area contributed by atoms with E-state index in [2.05, 4.69) is 41.7 Å². The predicted molar refractivity (Wildman–Crippen MR) is 113 cm³/mol. The molecule has 1 unspecified atom stereocenters. The Labute approximate surface area is 164 Å². The van der Waals surface area contributed by atoms with E-state index in [-0.39, 0.29) is 5.82 Å². The molecule has 0 bridgehead atoms. The fourth-order valence-corrected chi connectivity index (χ4v) is 2.98. The van der Waals surface area contributed by atoms with Crippen molar-refractivity contribution in [2.24, 2.45) is 0 Å². The molecule has 1 atom stereocenters. The topological polar surface area (TPSA) is 41.9 Å². The van der Waals surface area contributed by atoms with Gasteiger partial charge in [-0.15, -0.1) is 0 Å². The van der Waals surface area contributed by atoms with Crippen molar-refractivity contribution in [2.75, 3.05) is 10.6 Å². The maximum absolute atomic E-state index is 13.7. The van der Waals surface area contributed by atoms with Crippen molar-refractivity contribution in [1.29, 1.82) is 0 Å². The van der Waals surface area contributed by atoms with E-state index in [4.69, 9.17) is 12.2 Å². The van der Waals surface area contributed by atoms with Crippen LogP contribution >= 0.6 is 12.2 Å². The molecule has 0 spiro atoms.